The highest BCUT2D eigenvalue weighted by molar-refractivity contribution is 5.84. The first-order valence-electron chi connectivity index (χ1n) is 8.79. The number of hydrogen-bond donors (Lipinski definition) is 1. The zero-order valence-corrected chi connectivity index (χ0v) is 15.1. The van der Waals surface area contributed by atoms with Crippen LogP contribution in [0.2, 0.25) is 0 Å². The van der Waals surface area contributed by atoms with Gasteiger partial charge in [0.15, 0.2) is 0 Å². The van der Waals surface area contributed by atoms with Crippen LogP contribution in [0.3, 0.4) is 0 Å². The van der Waals surface area contributed by atoms with E-state index in [0.717, 1.165) is 23.3 Å². The minimum atomic E-state index is 0.141. The van der Waals surface area contributed by atoms with Crippen LogP contribution < -0.4 is 4.74 Å². The van der Waals surface area contributed by atoms with Crippen molar-refractivity contribution in [2.24, 2.45) is 0 Å². The topological polar surface area (TPSA) is 45.3 Å². The molecule has 0 atom stereocenters. The molecule has 0 radical (unpaired) electrons. The van der Waals surface area contributed by atoms with Crippen molar-refractivity contribution < 1.29 is 9.53 Å². The molecule has 3 rings (SSSR count). The summed E-state index contributed by atoms with van der Waals surface area (Å²) in [5, 5.41) is 1.19. The van der Waals surface area contributed by atoms with Crippen LogP contribution in [0.25, 0.3) is 10.9 Å². The highest BCUT2D eigenvalue weighted by Gasteiger charge is 2.11. The summed E-state index contributed by atoms with van der Waals surface area (Å²) in [6.07, 6.45) is 4.95. The van der Waals surface area contributed by atoms with Gasteiger partial charge in [-0.2, -0.15) is 0 Å². The van der Waals surface area contributed by atoms with E-state index < -0.39 is 0 Å². The van der Waals surface area contributed by atoms with Crippen molar-refractivity contribution in [2.75, 3.05) is 13.7 Å². The molecule has 0 bridgehead atoms. The van der Waals surface area contributed by atoms with E-state index in [4.69, 9.17) is 4.74 Å². The molecule has 0 aliphatic rings. The van der Waals surface area contributed by atoms with Gasteiger partial charge in [-0.05, 0) is 35.7 Å². The van der Waals surface area contributed by atoms with Crippen molar-refractivity contribution in [3.8, 4) is 5.75 Å². The number of rotatable bonds is 8. The maximum atomic E-state index is 12.5. The number of benzene rings is 2. The van der Waals surface area contributed by atoms with Crippen molar-refractivity contribution in [2.45, 2.75) is 19.4 Å². The van der Waals surface area contributed by atoms with Crippen molar-refractivity contribution in [3.05, 3.63) is 78.5 Å². The minimum Gasteiger partial charge on any atom is -0.490 e. The summed E-state index contributed by atoms with van der Waals surface area (Å²) in [5.41, 5.74) is 3.38. The van der Waals surface area contributed by atoms with Crippen molar-refractivity contribution in [1.82, 2.24) is 9.88 Å². The van der Waals surface area contributed by atoms with Gasteiger partial charge < -0.3 is 14.6 Å². The predicted molar refractivity (Wildman–Crippen MR) is 105 cm³/mol. The SMILES string of the molecule is C=CCOc1ccc(CN(C)C(=O)CCc2c[nH]c3ccccc23)cc1. The van der Waals surface area contributed by atoms with Crippen LogP contribution in [0, 0.1) is 0 Å². The summed E-state index contributed by atoms with van der Waals surface area (Å²) < 4.78 is 5.48. The number of H-pyrrole nitrogens is 1. The fourth-order valence-electron chi connectivity index (χ4n) is 2.98. The molecular weight excluding hydrogens is 324 g/mol. The van der Waals surface area contributed by atoms with Crippen LogP contribution in [0.5, 0.6) is 5.75 Å². The smallest absolute Gasteiger partial charge is 0.222 e. The number of nitrogens with one attached hydrogen (secondary N) is 1. The Kier molecular flexibility index (Phi) is 5.74. The van der Waals surface area contributed by atoms with Gasteiger partial charge in [-0.3, -0.25) is 4.79 Å². The van der Waals surface area contributed by atoms with E-state index in [-0.39, 0.29) is 5.91 Å². The Morgan fingerprint density at radius 1 is 1.19 bits per heavy atom. The second-order valence-electron chi connectivity index (χ2n) is 6.35. The van der Waals surface area contributed by atoms with Crippen LogP contribution in [-0.4, -0.2) is 29.4 Å². The van der Waals surface area contributed by atoms with Gasteiger partial charge >= 0.3 is 0 Å². The molecule has 0 aliphatic carbocycles. The first-order valence-corrected chi connectivity index (χ1v) is 8.79. The van der Waals surface area contributed by atoms with Crippen molar-refractivity contribution in [1.29, 1.82) is 0 Å². The molecule has 2 aromatic carbocycles. The first kappa shape index (κ1) is 17.8. The second-order valence-corrected chi connectivity index (χ2v) is 6.35. The largest absolute Gasteiger partial charge is 0.490 e. The summed E-state index contributed by atoms with van der Waals surface area (Å²) in [7, 11) is 1.85. The van der Waals surface area contributed by atoms with Gasteiger partial charge in [0.25, 0.3) is 0 Å². The van der Waals surface area contributed by atoms with E-state index in [1.807, 2.05) is 49.6 Å². The molecule has 4 nitrogen and oxygen atoms in total. The lowest BCUT2D eigenvalue weighted by atomic mass is 10.1. The van der Waals surface area contributed by atoms with E-state index >= 15 is 0 Å². The molecule has 0 unspecified atom stereocenters. The number of aromatic nitrogens is 1. The molecule has 1 amide bonds. The lowest BCUT2D eigenvalue weighted by molar-refractivity contribution is -0.130. The van der Waals surface area contributed by atoms with E-state index in [1.165, 1.54) is 10.9 Å². The quantitative estimate of drug-likeness (QED) is 0.616. The molecule has 0 saturated heterocycles. The number of aryl methyl sites for hydroxylation is 1. The van der Waals surface area contributed by atoms with Crippen LogP contribution >= 0.6 is 0 Å². The van der Waals surface area contributed by atoms with Crippen molar-refractivity contribution >= 4 is 16.8 Å². The number of amides is 1. The molecule has 0 aliphatic heterocycles. The molecular formula is C22H24N2O2. The minimum absolute atomic E-state index is 0.141. The lowest BCUT2D eigenvalue weighted by Crippen LogP contribution is -2.26. The van der Waals surface area contributed by atoms with Gasteiger partial charge in [-0.1, -0.05) is 43.0 Å². The van der Waals surface area contributed by atoms with E-state index in [2.05, 4.69) is 23.7 Å². The predicted octanol–water partition coefficient (Wildman–Crippen LogP) is 4.32. The fraction of sp³-hybridized carbons (Fsp3) is 0.227. The third-order valence-corrected chi connectivity index (χ3v) is 4.42. The third kappa shape index (κ3) is 4.33. The number of nitrogens with zero attached hydrogens (tertiary/aromatic N) is 1. The van der Waals surface area contributed by atoms with Gasteiger partial charge in [0.2, 0.25) is 5.91 Å². The zero-order chi connectivity index (χ0) is 18.4. The molecule has 1 N–H and O–H groups in total. The number of ether oxygens (including phenoxy) is 1. The Balaban J connectivity index is 1.53. The Labute approximate surface area is 154 Å². The Morgan fingerprint density at radius 3 is 2.73 bits per heavy atom. The van der Waals surface area contributed by atoms with Gasteiger partial charge in [0, 0.05) is 37.1 Å². The molecule has 1 aromatic heterocycles. The number of para-hydroxylation sites is 1. The van der Waals surface area contributed by atoms with Crippen LogP contribution in [-0.2, 0) is 17.8 Å². The molecule has 26 heavy (non-hydrogen) atoms. The van der Waals surface area contributed by atoms with E-state index in [0.29, 0.717) is 19.6 Å². The van der Waals surface area contributed by atoms with Crippen LogP contribution in [0.15, 0.2) is 67.4 Å². The number of hydrogen-bond acceptors (Lipinski definition) is 2. The Morgan fingerprint density at radius 2 is 1.96 bits per heavy atom. The van der Waals surface area contributed by atoms with Gasteiger partial charge in [-0.25, -0.2) is 0 Å². The molecule has 1 heterocycles. The molecule has 0 saturated carbocycles. The average Bonchev–Trinajstić information content (AvgIpc) is 3.08. The molecule has 3 aromatic rings. The number of carbonyl (C=O) groups excluding carboxylic acids is 1. The third-order valence-electron chi connectivity index (χ3n) is 4.42. The first-order chi connectivity index (χ1) is 12.7. The summed E-state index contributed by atoms with van der Waals surface area (Å²) in [6, 6.07) is 16.0. The highest BCUT2D eigenvalue weighted by atomic mass is 16.5. The fourth-order valence-corrected chi connectivity index (χ4v) is 2.98. The maximum Gasteiger partial charge on any atom is 0.222 e. The Bertz CT molecular complexity index is 881. The number of carbonyl (C=O) groups is 1. The Hall–Kier alpha value is -3.01. The van der Waals surface area contributed by atoms with Crippen molar-refractivity contribution in [3.63, 3.8) is 0 Å². The molecule has 0 fully saturated rings. The summed E-state index contributed by atoms with van der Waals surface area (Å²) in [6.45, 7) is 4.72. The van der Waals surface area contributed by atoms with Gasteiger partial charge in [0.1, 0.15) is 12.4 Å². The van der Waals surface area contributed by atoms with E-state index in [9.17, 15) is 4.79 Å². The number of aromatic amines is 1. The molecule has 4 heteroatoms. The second kappa shape index (κ2) is 8.39. The average molecular weight is 348 g/mol. The van der Waals surface area contributed by atoms with Crippen LogP contribution in [0.4, 0.5) is 0 Å². The van der Waals surface area contributed by atoms with Crippen LogP contribution in [0.1, 0.15) is 17.5 Å². The highest BCUT2D eigenvalue weighted by Crippen LogP contribution is 2.19. The normalized spacial score (nSPS) is 10.7. The number of fused-ring (bicyclic) bond motifs is 1. The summed E-state index contributed by atoms with van der Waals surface area (Å²) >= 11 is 0. The lowest BCUT2D eigenvalue weighted by Gasteiger charge is -2.17. The standard InChI is InChI=1S/C22H24N2O2/c1-3-14-26-19-11-8-17(9-12-19)16-24(2)22(25)13-10-18-15-23-21-7-5-4-6-20(18)21/h3-9,11-12,15,23H,1,10,13-14,16H2,2H3. The molecule has 0 spiro atoms. The summed E-state index contributed by atoms with van der Waals surface area (Å²) in [4.78, 5) is 17.5. The van der Waals surface area contributed by atoms with Gasteiger partial charge in [-0.15, -0.1) is 0 Å². The maximum absolute atomic E-state index is 12.5. The summed E-state index contributed by atoms with van der Waals surface area (Å²) in [5.74, 6) is 0.948. The zero-order valence-electron chi connectivity index (χ0n) is 15.1. The molecule has 134 valence electrons. The van der Waals surface area contributed by atoms with E-state index in [1.54, 1.807) is 11.0 Å². The monoisotopic (exact) mass is 348 g/mol. The van der Waals surface area contributed by atoms with Gasteiger partial charge in [0.05, 0.1) is 0 Å².